The Morgan fingerprint density at radius 2 is 1.71 bits per heavy atom. The molecule has 1 aliphatic carbocycles. The van der Waals surface area contributed by atoms with E-state index in [1.54, 1.807) is 0 Å². The van der Waals surface area contributed by atoms with Gasteiger partial charge in [0.1, 0.15) is 0 Å². The summed E-state index contributed by atoms with van der Waals surface area (Å²) in [6, 6.07) is 17.7. The van der Waals surface area contributed by atoms with Crippen LogP contribution in [0.2, 0.25) is 0 Å². The highest BCUT2D eigenvalue weighted by atomic mass is 79.9. The molecule has 1 heterocycles. The predicted molar refractivity (Wildman–Crippen MR) is 114 cm³/mol. The maximum absolute atomic E-state index is 13.5. The first-order valence-electron chi connectivity index (χ1n) is 10.00. The Morgan fingerprint density at radius 3 is 2.36 bits per heavy atom. The van der Waals surface area contributed by atoms with Gasteiger partial charge in [-0.3, -0.25) is 9.59 Å². The van der Waals surface area contributed by atoms with Crippen LogP contribution in [-0.2, 0) is 15.0 Å². The van der Waals surface area contributed by atoms with Gasteiger partial charge in [0.15, 0.2) is 0 Å². The zero-order valence-electron chi connectivity index (χ0n) is 15.9. The van der Waals surface area contributed by atoms with Gasteiger partial charge in [0.2, 0.25) is 11.8 Å². The Labute approximate surface area is 174 Å². The van der Waals surface area contributed by atoms with Gasteiger partial charge in [-0.1, -0.05) is 52.7 Å². The maximum Gasteiger partial charge on any atom is 0.233 e. The molecular formula is C23H25BrN2O2. The summed E-state index contributed by atoms with van der Waals surface area (Å²) in [4.78, 5) is 28.1. The van der Waals surface area contributed by atoms with Gasteiger partial charge in [-0.25, -0.2) is 0 Å². The van der Waals surface area contributed by atoms with Gasteiger partial charge in [-0.05, 0) is 55.5 Å². The lowest BCUT2D eigenvalue weighted by Crippen LogP contribution is -2.54. The van der Waals surface area contributed by atoms with Crippen molar-refractivity contribution < 1.29 is 9.59 Å². The number of benzene rings is 2. The molecule has 146 valence electrons. The van der Waals surface area contributed by atoms with Crippen molar-refractivity contribution in [2.75, 3.05) is 18.4 Å². The monoisotopic (exact) mass is 440 g/mol. The van der Waals surface area contributed by atoms with Gasteiger partial charge >= 0.3 is 0 Å². The summed E-state index contributed by atoms with van der Waals surface area (Å²) in [5.74, 6) is 0.0493. The molecule has 0 spiro atoms. The van der Waals surface area contributed by atoms with Crippen LogP contribution in [0.5, 0.6) is 0 Å². The topological polar surface area (TPSA) is 49.4 Å². The highest BCUT2D eigenvalue weighted by molar-refractivity contribution is 9.10. The van der Waals surface area contributed by atoms with Gasteiger partial charge < -0.3 is 10.2 Å². The van der Waals surface area contributed by atoms with Crippen LogP contribution in [0.3, 0.4) is 0 Å². The van der Waals surface area contributed by atoms with E-state index < -0.39 is 5.41 Å². The normalized spacial score (nSPS) is 20.9. The third-order valence-electron chi connectivity index (χ3n) is 6.13. The second-order valence-electron chi connectivity index (χ2n) is 7.89. The number of hydrogen-bond acceptors (Lipinski definition) is 2. The van der Waals surface area contributed by atoms with E-state index in [1.807, 2.05) is 47.4 Å². The minimum absolute atomic E-state index is 0.00926. The third kappa shape index (κ3) is 3.72. The Kier molecular flexibility index (Phi) is 5.54. The Hall–Kier alpha value is -2.14. The van der Waals surface area contributed by atoms with Gasteiger partial charge in [0.25, 0.3) is 0 Å². The summed E-state index contributed by atoms with van der Waals surface area (Å²) in [5.41, 5.74) is 1.50. The van der Waals surface area contributed by atoms with Gasteiger partial charge in [-0.15, -0.1) is 0 Å². The fraction of sp³-hybridized carbons (Fsp3) is 0.391. The zero-order valence-corrected chi connectivity index (χ0v) is 17.5. The highest BCUT2D eigenvalue weighted by Gasteiger charge is 2.48. The number of piperidine rings is 1. The third-order valence-corrected chi connectivity index (χ3v) is 6.66. The molecule has 1 unspecified atom stereocenters. The molecule has 5 heteroatoms. The standard InChI is InChI=1S/C23H25BrN2O2/c24-19-11-9-18(10-12-19)23(13-5-14-23)22(28)26-15-4-6-17(16-26)21(27)25-20-7-2-1-3-8-20/h1-3,7-12,17H,4-6,13-16H2,(H,25,27). The number of anilines is 1. The fourth-order valence-electron chi connectivity index (χ4n) is 4.37. The van der Waals surface area contributed by atoms with Crippen LogP contribution in [0, 0.1) is 5.92 Å². The van der Waals surface area contributed by atoms with Crippen molar-refractivity contribution in [1.82, 2.24) is 4.90 Å². The van der Waals surface area contributed by atoms with E-state index in [0.717, 1.165) is 54.4 Å². The number of halogens is 1. The Bertz CT molecular complexity index is 847. The lowest BCUT2D eigenvalue weighted by Gasteiger charge is -2.45. The van der Waals surface area contributed by atoms with Crippen molar-refractivity contribution in [1.29, 1.82) is 0 Å². The molecule has 1 atom stereocenters. The maximum atomic E-state index is 13.5. The first kappa shape index (κ1) is 19.2. The zero-order chi connectivity index (χ0) is 19.6. The lowest BCUT2D eigenvalue weighted by molar-refractivity contribution is -0.143. The van der Waals surface area contributed by atoms with Crippen molar-refractivity contribution in [3.05, 3.63) is 64.6 Å². The molecule has 2 amide bonds. The molecule has 0 aromatic heterocycles. The van der Waals surface area contributed by atoms with Gasteiger partial charge in [-0.2, -0.15) is 0 Å². The molecule has 2 fully saturated rings. The van der Waals surface area contributed by atoms with Crippen molar-refractivity contribution in [3.63, 3.8) is 0 Å². The van der Waals surface area contributed by atoms with E-state index in [1.165, 1.54) is 0 Å². The molecular weight excluding hydrogens is 416 g/mol. The molecule has 2 aromatic carbocycles. The van der Waals surface area contributed by atoms with Crippen molar-refractivity contribution in [2.45, 2.75) is 37.5 Å². The van der Waals surface area contributed by atoms with Crippen molar-refractivity contribution >= 4 is 33.4 Å². The van der Waals surface area contributed by atoms with Crippen LogP contribution in [0.1, 0.15) is 37.7 Å². The van der Waals surface area contributed by atoms with Crippen LogP contribution in [-0.4, -0.2) is 29.8 Å². The molecule has 4 rings (SSSR count). The second kappa shape index (κ2) is 8.08. The van der Waals surface area contributed by atoms with E-state index >= 15 is 0 Å². The molecule has 4 nitrogen and oxygen atoms in total. The molecule has 0 radical (unpaired) electrons. The molecule has 28 heavy (non-hydrogen) atoms. The number of nitrogens with zero attached hydrogens (tertiary/aromatic N) is 1. The fourth-order valence-corrected chi connectivity index (χ4v) is 4.63. The van der Waals surface area contributed by atoms with Crippen LogP contribution in [0.15, 0.2) is 59.1 Å². The average molecular weight is 441 g/mol. The number of carbonyl (C=O) groups excluding carboxylic acids is 2. The first-order valence-corrected chi connectivity index (χ1v) is 10.8. The van der Waals surface area contributed by atoms with E-state index in [0.29, 0.717) is 6.54 Å². The SMILES string of the molecule is O=C(Nc1ccccc1)C1CCCN(C(=O)C2(c3ccc(Br)cc3)CCC2)C1. The number of nitrogens with one attached hydrogen (secondary N) is 1. The number of likely N-dealkylation sites (tertiary alicyclic amines) is 1. The molecule has 2 aromatic rings. The Morgan fingerprint density at radius 1 is 1.00 bits per heavy atom. The summed E-state index contributed by atoms with van der Waals surface area (Å²) in [6.07, 6.45) is 4.56. The van der Waals surface area contributed by atoms with Crippen LogP contribution < -0.4 is 5.32 Å². The summed E-state index contributed by atoms with van der Waals surface area (Å²) < 4.78 is 1.02. The highest BCUT2D eigenvalue weighted by Crippen LogP contribution is 2.46. The number of carbonyl (C=O) groups is 2. The summed E-state index contributed by atoms with van der Waals surface area (Å²) in [5, 5.41) is 2.99. The number of amides is 2. The van der Waals surface area contributed by atoms with Crippen LogP contribution in [0.25, 0.3) is 0 Å². The summed E-state index contributed by atoms with van der Waals surface area (Å²) in [7, 11) is 0. The van der Waals surface area contributed by atoms with Crippen molar-refractivity contribution in [2.24, 2.45) is 5.92 Å². The summed E-state index contributed by atoms with van der Waals surface area (Å²) >= 11 is 3.48. The molecule has 1 saturated carbocycles. The van der Waals surface area contributed by atoms with E-state index in [-0.39, 0.29) is 17.7 Å². The van der Waals surface area contributed by atoms with E-state index in [4.69, 9.17) is 0 Å². The Balaban J connectivity index is 1.47. The van der Waals surface area contributed by atoms with Gasteiger partial charge in [0, 0.05) is 23.2 Å². The number of hydrogen-bond donors (Lipinski definition) is 1. The molecule has 1 saturated heterocycles. The molecule has 1 aliphatic heterocycles. The summed E-state index contributed by atoms with van der Waals surface area (Å²) in [6.45, 7) is 1.25. The predicted octanol–water partition coefficient (Wildman–Crippen LogP) is 4.75. The van der Waals surface area contributed by atoms with Gasteiger partial charge in [0.05, 0.1) is 11.3 Å². The number of rotatable bonds is 4. The van der Waals surface area contributed by atoms with Crippen LogP contribution >= 0.6 is 15.9 Å². The number of para-hydroxylation sites is 1. The van der Waals surface area contributed by atoms with E-state index in [2.05, 4.69) is 33.4 Å². The minimum atomic E-state index is -0.404. The largest absolute Gasteiger partial charge is 0.341 e. The minimum Gasteiger partial charge on any atom is -0.341 e. The first-order chi connectivity index (χ1) is 13.6. The quantitative estimate of drug-likeness (QED) is 0.745. The molecule has 0 bridgehead atoms. The van der Waals surface area contributed by atoms with E-state index in [9.17, 15) is 9.59 Å². The molecule has 2 aliphatic rings. The molecule has 1 N–H and O–H groups in total. The lowest BCUT2D eigenvalue weighted by atomic mass is 9.63. The second-order valence-corrected chi connectivity index (χ2v) is 8.80. The van der Waals surface area contributed by atoms with Crippen LogP contribution in [0.4, 0.5) is 5.69 Å². The van der Waals surface area contributed by atoms with Crippen molar-refractivity contribution in [3.8, 4) is 0 Å². The average Bonchev–Trinajstić information content (AvgIpc) is 2.69. The smallest absolute Gasteiger partial charge is 0.233 e.